The highest BCUT2D eigenvalue weighted by Gasteiger charge is 2.49. The zero-order chi connectivity index (χ0) is 17.0. The van der Waals surface area contributed by atoms with Crippen molar-refractivity contribution in [3.63, 3.8) is 0 Å². The normalized spacial score (nSPS) is 23.4. The fraction of sp³-hybridized carbons (Fsp3) is 0.579. The molecule has 1 spiro atoms. The number of hydrogen-bond acceptors (Lipinski definition) is 3. The fourth-order valence-corrected chi connectivity index (χ4v) is 3.70. The first-order valence-corrected chi connectivity index (χ1v) is 8.87. The number of carbonyl (C=O) groups excluding carboxylic acids is 2. The third-order valence-corrected chi connectivity index (χ3v) is 5.17. The molecule has 2 aliphatic rings. The lowest BCUT2D eigenvalue weighted by molar-refractivity contribution is -0.156. The Balaban J connectivity index is 1.58. The maximum atomic E-state index is 13.0. The van der Waals surface area contributed by atoms with Gasteiger partial charge in [0.1, 0.15) is 11.6 Å². The average molecular weight is 330 g/mol. The van der Waals surface area contributed by atoms with Gasteiger partial charge in [-0.05, 0) is 25.3 Å². The van der Waals surface area contributed by atoms with Crippen LogP contribution in [0, 0.1) is 0 Å². The molecule has 1 saturated heterocycles. The van der Waals surface area contributed by atoms with Crippen LogP contribution >= 0.6 is 0 Å². The van der Waals surface area contributed by atoms with Gasteiger partial charge >= 0.3 is 0 Å². The van der Waals surface area contributed by atoms with Gasteiger partial charge in [-0.3, -0.25) is 9.59 Å². The number of piperazine rings is 1. The molecule has 1 heterocycles. The Bertz CT molecular complexity index is 582. The van der Waals surface area contributed by atoms with Crippen LogP contribution in [0.5, 0.6) is 0 Å². The van der Waals surface area contributed by atoms with Crippen molar-refractivity contribution in [2.24, 2.45) is 0 Å². The Hall–Kier alpha value is -1.88. The predicted molar refractivity (Wildman–Crippen MR) is 91.2 cm³/mol. The molecule has 5 heteroatoms. The minimum Gasteiger partial charge on any atom is -0.375 e. The lowest BCUT2D eigenvalue weighted by Gasteiger charge is -2.46. The Morgan fingerprint density at radius 3 is 2.58 bits per heavy atom. The largest absolute Gasteiger partial charge is 0.375 e. The van der Waals surface area contributed by atoms with Crippen LogP contribution in [0.4, 0.5) is 0 Å². The minimum atomic E-state index is -0.665. The molecular weight excluding hydrogens is 304 g/mol. The van der Waals surface area contributed by atoms with Crippen LogP contribution in [0.25, 0.3) is 0 Å². The Labute approximate surface area is 143 Å². The molecule has 5 nitrogen and oxygen atoms in total. The highest BCUT2D eigenvalue weighted by atomic mass is 16.5. The van der Waals surface area contributed by atoms with Crippen LogP contribution < -0.4 is 5.32 Å². The van der Waals surface area contributed by atoms with Gasteiger partial charge in [-0.2, -0.15) is 0 Å². The van der Waals surface area contributed by atoms with Gasteiger partial charge in [0.25, 0.3) is 0 Å². The van der Waals surface area contributed by atoms with Gasteiger partial charge in [0.05, 0.1) is 13.2 Å². The van der Waals surface area contributed by atoms with E-state index in [0.29, 0.717) is 19.8 Å². The van der Waals surface area contributed by atoms with E-state index in [4.69, 9.17) is 4.74 Å². The summed E-state index contributed by atoms with van der Waals surface area (Å²) in [6.07, 6.45) is 4.65. The van der Waals surface area contributed by atoms with E-state index in [1.54, 1.807) is 11.8 Å². The van der Waals surface area contributed by atoms with Crippen LogP contribution in [0.2, 0.25) is 0 Å². The van der Waals surface area contributed by atoms with Gasteiger partial charge in [-0.15, -0.1) is 0 Å². The summed E-state index contributed by atoms with van der Waals surface area (Å²) in [5.41, 5.74) is 0.443. The number of nitrogens with zero attached hydrogens (tertiary/aromatic N) is 1. The number of benzene rings is 1. The molecule has 24 heavy (non-hydrogen) atoms. The van der Waals surface area contributed by atoms with Crippen LogP contribution in [0.1, 0.15) is 44.6 Å². The summed E-state index contributed by atoms with van der Waals surface area (Å²) in [4.78, 5) is 27.0. The summed E-state index contributed by atoms with van der Waals surface area (Å²) in [6.45, 7) is 3.21. The summed E-state index contributed by atoms with van der Waals surface area (Å²) in [5.74, 6) is 0.0252. The number of carbonyl (C=O) groups is 2. The SMILES string of the molecule is CC1C(=O)NC2(CCCCC2)C(=O)N1CCOCc1ccccc1. The zero-order valence-electron chi connectivity index (χ0n) is 14.3. The summed E-state index contributed by atoms with van der Waals surface area (Å²) < 4.78 is 5.70. The maximum Gasteiger partial charge on any atom is 0.249 e. The average Bonchev–Trinajstić information content (AvgIpc) is 2.61. The summed E-state index contributed by atoms with van der Waals surface area (Å²) >= 11 is 0. The van der Waals surface area contributed by atoms with Gasteiger partial charge in [0.15, 0.2) is 0 Å². The van der Waals surface area contributed by atoms with Crippen molar-refractivity contribution >= 4 is 11.8 Å². The number of rotatable bonds is 5. The third kappa shape index (κ3) is 3.46. The number of ether oxygens (including phenoxy) is 1. The van der Waals surface area contributed by atoms with Crippen molar-refractivity contribution in [2.45, 2.75) is 57.2 Å². The van der Waals surface area contributed by atoms with E-state index in [9.17, 15) is 9.59 Å². The van der Waals surface area contributed by atoms with E-state index < -0.39 is 11.6 Å². The fourth-order valence-electron chi connectivity index (χ4n) is 3.70. The molecule has 1 atom stereocenters. The smallest absolute Gasteiger partial charge is 0.249 e. The molecule has 1 aromatic rings. The monoisotopic (exact) mass is 330 g/mol. The van der Waals surface area contributed by atoms with Crippen LogP contribution in [-0.2, 0) is 20.9 Å². The highest BCUT2D eigenvalue weighted by Crippen LogP contribution is 2.33. The second-order valence-corrected chi connectivity index (χ2v) is 6.84. The molecule has 2 amide bonds. The maximum absolute atomic E-state index is 13.0. The number of hydrogen-bond donors (Lipinski definition) is 1. The molecule has 2 fully saturated rings. The summed E-state index contributed by atoms with van der Waals surface area (Å²) in [5, 5.41) is 3.01. The summed E-state index contributed by atoms with van der Waals surface area (Å²) in [7, 11) is 0. The first kappa shape index (κ1) is 17.0. The van der Waals surface area contributed by atoms with Crippen LogP contribution in [0.3, 0.4) is 0 Å². The first-order chi connectivity index (χ1) is 11.6. The van der Waals surface area contributed by atoms with E-state index in [1.165, 1.54) is 0 Å². The summed E-state index contributed by atoms with van der Waals surface area (Å²) in [6, 6.07) is 9.53. The van der Waals surface area contributed by atoms with E-state index >= 15 is 0 Å². The zero-order valence-corrected chi connectivity index (χ0v) is 14.3. The topological polar surface area (TPSA) is 58.6 Å². The van der Waals surface area contributed by atoms with Crippen LogP contribution in [0.15, 0.2) is 30.3 Å². The highest BCUT2D eigenvalue weighted by molar-refractivity contribution is 5.99. The molecule has 1 unspecified atom stereocenters. The van der Waals surface area contributed by atoms with E-state index in [2.05, 4.69) is 5.32 Å². The van der Waals surface area contributed by atoms with Gasteiger partial charge in [0, 0.05) is 6.54 Å². The second kappa shape index (κ2) is 7.34. The van der Waals surface area contributed by atoms with Crippen molar-refractivity contribution in [1.29, 1.82) is 0 Å². The van der Waals surface area contributed by atoms with Crippen molar-refractivity contribution in [3.05, 3.63) is 35.9 Å². The second-order valence-electron chi connectivity index (χ2n) is 6.84. The molecule has 1 aliphatic heterocycles. The molecule has 0 aromatic heterocycles. The molecule has 0 radical (unpaired) electrons. The van der Waals surface area contributed by atoms with E-state index in [0.717, 1.165) is 37.7 Å². The van der Waals surface area contributed by atoms with Crippen molar-refractivity contribution in [3.8, 4) is 0 Å². The Morgan fingerprint density at radius 2 is 1.88 bits per heavy atom. The van der Waals surface area contributed by atoms with E-state index in [1.807, 2.05) is 30.3 Å². The third-order valence-electron chi connectivity index (χ3n) is 5.17. The number of nitrogens with one attached hydrogen (secondary N) is 1. The van der Waals surface area contributed by atoms with Crippen molar-refractivity contribution < 1.29 is 14.3 Å². The molecule has 1 N–H and O–H groups in total. The molecule has 0 bridgehead atoms. The molecular formula is C19H26N2O3. The molecule has 1 aromatic carbocycles. The quantitative estimate of drug-likeness (QED) is 0.843. The van der Waals surface area contributed by atoms with E-state index in [-0.39, 0.29) is 11.8 Å². The standard InChI is InChI=1S/C19H26N2O3/c1-15-17(22)20-19(10-6-3-7-11-19)18(23)21(15)12-13-24-14-16-8-4-2-5-9-16/h2,4-5,8-9,15H,3,6-7,10-14H2,1H3,(H,20,22). The minimum absolute atomic E-state index is 0.0421. The number of amides is 2. The Kier molecular flexibility index (Phi) is 5.19. The Morgan fingerprint density at radius 1 is 1.17 bits per heavy atom. The molecule has 1 aliphatic carbocycles. The predicted octanol–water partition coefficient (Wildman–Crippen LogP) is 2.25. The molecule has 1 saturated carbocycles. The lowest BCUT2D eigenvalue weighted by atomic mass is 9.78. The van der Waals surface area contributed by atoms with Crippen molar-refractivity contribution in [2.75, 3.05) is 13.2 Å². The molecule has 3 rings (SSSR count). The van der Waals surface area contributed by atoms with Gasteiger partial charge in [0.2, 0.25) is 11.8 Å². The van der Waals surface area contributed by atoms with Crippen LogP contribution in [-0.4, -0.2) is 41.4 Å². The lowest BCUT2D eigenvalue weighted by Crippen LogP contribution is -2.70. The molecule has 130 valence electrons. The first-order valence-electron chi connectivity index (χ1n) is 8.87. The van der Waals surface area contributed by atoms with Gasteiger partial charge in [-0.1, -0.05) is 49.6 Å². The van der Waals surface area contributed by atoms with Gasteiger partial charge in [-0.25, -0.2) is 0 Å². The van der Waals surface area contributed by atoms with Crippen molar-refractivity contribution in [1.82, 2.24) is 10.2 Å². The van der Waals surface area contributed by atoms with Gasteiger partial charge < -0.3 is 15.0 Å².